The van der Waals surface area contributed by atoms with Gasteiger partial charge in [-0.25, -0.2) is 0 Å². The van der Waals surface area contributed by atoms with Crippen LogP contribution in [0, 0.1) is 5.92 Å². The van der Waals surface area contributed by atoms with Gasteiger partial charge in [-0.3, -0.25) is 14.5 Å². The minimum absolute atomic E-state index is 0.0520. The smallest absolute Gasteiger partial charge is 0.324 e. The summed E-state index contributed by atoms with van der Waals surface area (Å²) in [6.07, 6.45) is -1.27. The van der Waals surface area contributed by atoms with Crippen molar-refractivity contribution >= 4 is 11.8 Å². The van der Waals surface area contributed by atoms with Crippen LogP contribution < -0.4 is 9.47 Å². The molecule has 3 atom stereocenters. The molecule has 7 nitrogen and oxygen atoms in total. The zero-order chi connectivity index (χ0) is 27.4. The molecule has 7 heteroatoms. The second kappa shape index (κ2) is 9.33. The number of methoxy groups -OCH3 is 1. The number of ether oxygens (including phenoxy) is 3. The number of esters is 1. The van der Waals surface area contributed by atoms with Crippen LogP contribution in [0.1, 0.15) is 28.4 Å². The van der Waals surface area contributed by atoms with Crippen molar-refractivity contribution in [2.75, 3.05) is 20.4 Å². The second-order valence-electron chi connectivity index (χ2n) is 10.3. The third kappa shape index (κ3) is 3.38. The number of carbonyl (C=O) groups excluding carboxylic acids is 2. The molecule has 0 bridgehead atoms. The zero-order valence-corrected chi connectivity index (χ0v) is 21.8. The van der Waals surface area contributed by atoms with Crippen LogP contribution in [0.5, 0.6) is 11.5 Å². The van der Waals surface area contributed by atoms with Crippen LogP contribution in [-0.4, -0.2) is 48.2 Å². The van der Waals surface area contributed by atoms with Gasteiger partial charge < -0.3 is 19.3 Å². The third-order valence-electron chi connectivity index (χ3n) is 8.44. The number of fused-ring (bicyclic) bond motifs is 4. The summed E-state index contributed by atoms with van der Waals surface area (Å²) in [7, 11) is 1.32. The number of carbonyl (C=O) groups is 2. The molecule has 0 amide bonds. The number of aliphatic hydroxyl groups is 1. The standard InChI is InChI=1S/C33H27NO6/c1-38-32(37)30-29(31(36)20-15-16-27-28(17-20)40-19-39-27)26(35)18-34(30)33(21-9-3-2-4-10-21)24-13-7-5-11-22(24)23-12-6-8-14-25(23)33/h2-17,29-31,36H,18-19H2,1H3/t29-,30-,31+/m0/s1. The van der Waals surface area contributed by atoms with E-state index in [-0.39, 0.29) is 19.1 Å². The lowest BCUT2D eigenvalue weighted by atomic mass is 9.78. The number of Topliss-reactive ketones (excluding diaryl/α,β-unsaturated/α-hetero) is 1. The number of nitrogens with zero attached hydrogens (tertiary/aromatic N) is 1. The van der Waals surface area contributed by atoms with E-state index >= 15 is 0 Å². The molecule has 0 unspecified atom stereocenters. The van der Waals surface area contributed by atoms with Gasteiger partial charge in [0.25, 0.3) is 0 Å². The van der Waals surface area contributed by atoms with Crippen LogP contribution in [0.25, 0.3) is 11.1 Å². The highest BCUT2D eigenvalue weighted by atomic mass is 16.7. The highest BCUT2D eigenvalue weighted by Gasteiger charge is 2.60. The average Bonchev–Trinajstić information content (AvgIpc) is 3.69. The van der Waals surface area contributed by atoms with Crippen LogP contribution in [0.3, 0.4) is 0 Å². The van der Waals surface area contributed by atoms with E-state index in [2.05, 4.69) is 24.3 Å². The highest BCUT2D eigenvalue weighted by molar-refractivity contribution is 5.95. The van der Waals surface area contributed by atoms with Crippen molar-refractivity contribution < 1.29 is 28.9 Å². The quantitative estimate of drug-likeness (QED) is 0.379. The molecule has 1 saturated heterocycles. The van der Waals surface area contributed by atoms with Gasteiger partial charge in [-0.15, -0.1) is 0 Å². The molecular weight excluding hydrogens is 506 g/mol. The number of likely N-dealkylation sites (tertiary alicyclic amines) is 1. The van der Waals surface area contributed by atoms with E-state index < -0.39 is 29.6 Å². The lowest BCUT2D eigenvalue weighted by Gasteiger charge is -2.44. The molecule has 1 N–H and O–H groups in total. The van der Waals surface area contributed by atoms with Crippen LogP contribution in [0.15, 0.2) is 97.1 Å². The Morgan fingerprint density at radius 2 is 1.52 bits per heavy atom. The Bertz CT molecular complexity index is 1590. The summed E-state index contributed by atoms with van der Waals surface area (Å²) >= 11 is 0. The second-order valence-corrected chi connectivity index (χ2v) is 10.3. The first-order valence-electron chi connectivity index (χ1n) is 13.3. The molecule has 0 aromatic heterocycles. The number of aliphatic hydroxyl groups excluding tert-OH is 1. The predicted molar refractivity (Wildman–Crippen MR) is 147 cm³/mol. The van der Waals surface area contributed by atoms with Gasteiger partial charge in [0.05, 0.1) is 31.2 Å². The molecule has 4 aromatic carbocycles. The molecular formula is C33H27NO6. The first kappa shape index (κ1) is 24.6. The monoisotopic (exact) mass is 533 g/mol. The van der Waals surface area contributed by atoms with Crippen LogP contribution in [0.4, 0.5) is 0 Å². The van der Waals surface area contributed by atoms with Gasteiger partial charge in [0.1, 0.15) is 6.04 Å². The molecule has 4 aromatic rings. The van der Waals surface area contributed by atoms with Gasteiger partial charge in [0.2, 0.25) is 6.79 Å². The van der Waals surface area contributed by atoms with Crippen LogP contribution in [-0.2, 0) is 19.9 Å². The lowest BCUT2D eigenvalue weighted by molar-refractivity contribution is -0.151. The van der Waals surface area contributed by atoms with Gasteiger partial charge in [0.15, 0.2) is 17.3 Å². The fraction of sp³-hybridized carbons (Fsp3) is 0.212. The van der Waals surface area contributed by atoms with Crippen molar-refractivity contribution in [2.45, 2.75) is 17.7 Å². The molecule has 1 fully saturated rings. The Labute approximate surface area is 231 Å². The summed E-state index contributed by atoms with van der Waals surface area (Å²) in [6, 6.07) is 30.2. The highest BCUT2D eigenvalue weighted by Crippen LogP contribution is 2.57. The van der Waals surface area contributed by atoms with Gasteiger partial charge in [-0.1, -0.05) is 84.9 Å². The van der Waals surface area contributed by atoms with Gasteiger partial charge >= 0.3 is 5.97 Å². The Morgan fingerprint density at radius 1 is 0.900 bits per heavy atom. The topological polar surface area (TPSA) is 85.3 Å². The number of hydrogen-bond acceptors (Lipinski definition) is 7. The van der Waals surface area contributed by atoms with E-state index in [1.165, 1.54) is 7.11 Å². The normalized spacial score (nSPS) is 21.1. The minimum Gasteiger partial charge on any atom is -0.468 e. The molecule has 0 radical (unpaired) electrons. The fourth-order valence-corrected chi connectivity index (χ4v) is 6.79. The van der Waals surface area contributed by atoms with Crippen molar-refractivity contribution in [3.63, 3.8) is 0 Å². The van der Waals surface area contributed by atoms with Crippen LogP contribution in [0.2, 0.25) is 0 Å². The fourth-order valence-electron chi connectivity index (χ4n) is 6.79. The Morgan fingerprint density at radius 3 is 2.20 bits per heavy atom. The molecule has 0 saturated carbocycles. The third-order valence-corrected chi connectivity index (χ3v) is 8.44. The largest absolute Gasteiger partial charge is 0.468 e. The van der Waals surface area contributed by atoms with Gasteiger partial charge in [0, 0.05) is 0 Å². The number of rotatable bonds is 5. The zero-order valence-electron chi connectivity index (χ0n) is 21.8. The van der Waals surface area contributed by atoms with E-state index in [1.54, 1.807) is 18.2 Å². The van der Waals surface area contributed by atoms with Crippen molar-refractivity contribution in [2.24, 2.45) is 5.92 Å². The van der Waals surface area contributed by atoms with E-state index in [0.29, 0.717) is 17.1 Å². The van der Waals surface area contributed by atoms with Gasteiger partial charge in [-0.05, 0) is 45.5 Å². The number of benzene rings is 4. The number of ketones is 1. The van der Waals surface area contributed by atoms with Crippen molar-refractivity contribution in [3.8, 4) is 22.6 Å². The summed E-state index contributed by atoms with van der Waals surface area (Å²) < 4.78 is 16.3. The molecule has 1 aliphatic carbocycles. The van der Waals surface area contributed by atoms with Crippen molar-refractivity contribution in [1.82, 2.24) is 4.90 Å². The summed E-state index contributed by atoms with van der Waals surface area (Å²) in [5.41, 5.74) is 4.46. The summed E-state index contributed by atoms with van der Waals surface area (Å²) in [4.78, 5) is 29.6. The Balaban J connectivity index is 1.44. The Hall–Kier alpha value is -4.46. The van der Waals surface area contributed by atoms with Crippen molar-refractivity contribution in [3.05, 3.63) is 119 Å². The maximum absolute atomic E-state index is 14.0. The van der Waals surface area contributed by atoms with Crippen LogP contribution >= 0.6 is 0 Å². The van der Waals surface area contributed by atoms with E-state index in [1.807, 2.05) is 59.5 Å². The number of hydrogen-bond donors (Lipinski definition) is 1. The first-order chi connectivity index (χ1) is 19.6. The van der Waals surface area contributed by atoms with E-state index in [9.17, 15) is 14.7 Å². The minimum atomic E-state index is -1.27. The predicted octanol–water partition coefficient (Wildman–Crippen LogP) is 4.46. The summed E-state index contributed by atoms with van der Waals surface area (Å²) in [6.45, 7) is 0.0395. The first-order valence-corrected chi connectivity index (χ1v) is 13.3. The SMILES string of the molecule is COC(=O)[C@@H]1[C@@H]([C@H](O)c2ccc3c(c2)OCO3)C(=O)CN1C1(c2ccccc2)c2ccccc2-c2ccccc21. The molecule has 0 spiro atoms. The van der Waals surface area contributed by atoms with Gasteiger partial charge in [-0.2, -0.15) is 0 Å². The molecule has 2 heterocycles. The molecule has 40 heavy (non-hydrogen) atoms. The maximum Gasteiger partial charge on any atom is 0.324 e. The summed E-state index contributed by atoms with van der Waals surface area (Å²) in [5, 5.41) is 11.7. The van der Waals surface area contributed by atoms with E-state index in [0.717, 1.165) is 27.8 Å². The molecule has 7 rings (SSSR count). The summed E-state index contributed by atoms with van der Waals surface area (Å²) in [5.74, 6) is -0.811. The average molecular weight is 534 g/mol. The Kier molecular flexibility index (Phi) is 5.73. The lowest BCUT2D eigenvalue weighted by Crippen LogP contribution is -2.54. The molecule has 2 aliphatic heterocycles. The van der Waals surface area contributed by atoms with Crippen molar-refractivity contribution in [1.29, 1.82) is 0 Å². The molecule has 200 valence electrons. The maximum atomic E-state index is 14.0. The van der Waals surface area contributed by atoms with E-state index in [4.69, 9.17) is 14.2 Å². The molecule has 3 aliphatic rings.